The molecule has 1 atom stereocenters. The van der Waals surface area contributed by atoms with E-state index in [0.29, 0.717) is 6.42 Å². The molecule has 0 rings (SSSR count). The molecule has 5 heteroatoms. The summed E-state index contributed by atoms with van der Waals surface area (Å²) in [5.41, 5.74) is 5.06. The molecule has 0 aliphatic rings. The Labute approximate surface area is 85.6 Å². The van der Waals surface area contributed by atoms with Gasteiger partial charge in [-0.25, -0.2) is 6.29 Å². The van der Waals surface area contributed by atoms with Crippen molar-refractivity contribution in [3.8, 4) is 0 Å². The fourth-order valence-corrected chi connectivity index (χ4v) is 0.273. The van der Waals surface area contributed by atoms with Gasteiger partial charge in [0.05, 0.1) is 0 Å². The van der Waals surface area contributed by atoms with Crippen LogP contribution in [-0.2, 0) is 48.5 Å². The normalized spacial score (nSPS) is 10.1. The number of hydrogen-bond donors (Lipinski definition) is 1. The average Bonchev–Trinajstić information content (AvgIpc) is 1.83. The van der Waals surface area contributed by atoms with Crippen LogP contribution in [-0.4, -0.2) is 18.6 Å². The van der Waals surface area contributed by atoms with Crippen LogP contribution in [0.4, 0.5) is 0 Å². The van der Waals surface area contributed by atoms with E-state index < -0.39 is 6.04 Å². The Hall–Kier alpha value is 0.547. The quantitative estimate of drug-likeness (QED) is 0.525. The summed E-state index contributed by atoms with van der Waals surface area (Å²) < 4.78 is 0. The minimum Gasteiger partial charge on any atom is -0.542 e. The Kier molecular flexibility index (Phi) is 20.7. The number of hydrogen-bond acceptors (Lipinski definition) is 3. The molecule has 0 aromatic carbocycles. The SMILES string of the molecule is NC([C-]=O)CC[C-]=O.[Zn].[Zn]. The van der Waals surface area contributed by atoms with Crippen molar-refractivity contribution in [2.24, 2.45) is 5.73 Å². The molecule has 1 unspecified atom stereocenters. The van der Waals surface area contributed by atoms with Crippen molar-refractivity contribution < 1.29 is 48.5 Å². The Balaban J connectivity index is -0.000000245. The van der Waals surface area contributed by atoms with Gasteiger partial charge in [-0.15, -0.1) is 0 Å². The summed E-state index contributed by atoms with van der Waals surface area (Å²) in [4.78, 5) is 19.1. The third-order valence-electron chi connectivity index (χ3n) is 0.709. The molecular weight excluding hydrogens is 237 g/mol. The van der Waals surface area contributed by atoms with Crippen LogP contribution < -0.4 is 5.73 Å². The summed E-state index contributed by atoms with van der Waals surface area (Å²) in [6.07, 6.45) is 3.75. The van der Waals surface area contributed by atoms with Crippen molar-refractivity contribution in [2.75, 3.05) is 0 Å². The molecule has 2 N–H and O–H groups in total. The maximum absolute atomic E-state index is 9.63. The molecular formula is C5H7NO2Zn2-2. The van der Waals surface area contributed by atoms with Crippen LogP contribution in [0.5, 0.6) is 0 Å². The van der Waals surface area contributed by atoms with Crippen LogP contribution in [0.1, 0.15) is 12.8 Å². The Bertz CT molecular complexity index is 89.7. The molecule has 0 aromatic heterocycles. The first-order chi connectivity index (χ1) is 3.81. The summed E-state index contributed by atoms with van der Waals surface area (Å²) >= 11 is 0. The van der Waals surface area contributed by atoms with Gasteiger partial charge in [0, 0.05) is 39.0 Å². The topological polar surface area (TPSA) is 60.2 Å². The van der Waals surface area contributed by atoms with Crippen molar-refractivity contribution in [2.45, 2.75) is 18.9 Å². The fourth-order valence-electron chi connectivity index (χ4n) is 0.273. The molecule has 0 saturated carbocycles. The van der Waals surface area contributed by atoms with Gasteiger partial charge in [0.2, 0.25) is 0 Å². The largest absolute Gasteiger partial charge is 0.542 e. The molecule has 0 aliphatic heterocycles. The van der Waals surface area contributed by atoms with Gasteiger partial charge >= 0.3 is 0 Å². The predicted molar refractivity (Wildman–Crippen MR) is 28.6 cm³/mol. The zero-order valence-corrected chi connectivity index (χ0v) is 11.7. The second-order valence-electron chi connectivity index (χ2n) is 1.41. The van der Waals surface area contributed by atoms with E-state index in [1.54, 1.807) is 12.6 Å². The summed E-state index contributed by atoms with van der Waals surface area (Å²) in [7, 11) is 0. The van der Waals surface area contributed by atoms with Crippen LogP contribution in [0.25, 0.3) is 0 Å². The Morgan fingerprint density at radius 2 is 1.80 bits per heavy atom. The monoisotopic (exact) mass is 241 g/mol. The molecule has 0 amide bonds. The molecule has 0 saturated heterocycles. The van der Waals surface area contributed by atoms with Gasteiger partial charge in [0.1, 0.15) is 0 Å². The summed E-state index contributed by atoms with van der Waals surface area (Å²) in [6, 6.07) is -0.614. The van der Waals surface area contributed by atoms with Crippen molar-refractivity contribution in [3.05, 3.63) is 0 Å². The molecule has 0 spiro atoms. The number of nitrogens with two attached hydrogens (primary N) is 1. The van der Waals surface area contributed by atoms with Gasteiger partial charge < -0.3 is 15.3 Å². The van der Waals surface area contributed by atoms with E-state index in [1.165, 1.54) is 0 Å². The van der Waals surface area contributed by atoms with E-state index in [1.807, 2.05) is 0 Å². The molecule has 3 nitrogen and oxygen atoms in total. The van der Waals surface area contributed by atoms with Gasteiger partial charge in [-0.2, -0.15) is 6.42 Å². The molecule has 0 heterocycles. The van der Waals surface area contributed by atoms with Crippen LogP contribution in [0.2, 0.25) is 0 Å². The predicted octanol–water partition coefficient (Wildman–Crippen LogP) is -0.692. The van der Waals surface area contributed by atoms with Gasteiger partial charge in [-0.05, 0) is 0 Å². The zero-order chi connectivity index (χ0) is 6.41. The summed E-state index contributed by atoms with van der Waals surface area (Å²) in [5, 5.41) is 0. The first kappa shape index (κ1) is 16.9. The average molecular weight is 244 g/mol. The summed E-state index contributed by atoms with van der Waals surface area (Å²) in [5.74, 6) is 0. The zero-order valence-electron chi connectivity index (χ0n) is 5.80. The van der Waals surface area contributed by atoms with Crippen LogP contribution >= 0.6 is 0 Å². The number of carbonyl (C=O) groups excluding carboxylic acids is 2. The molecule has 0 bridgehead atoms. The third kappa shape index (κ3) is 11.4. The van der Waals surface area contributed by atoms with E-state index in [2.05, 4.69) is 0 Å². The van der Waals surface area contributed by atoms with E-state index >= 15 is 0 Å². The van der Waals surface area contributed by atoms with Gasteiger partial charge in [-0.3, -0.25) is 6.29 Å². The second-order valence-corrected chi connectivity index (χ2v) is 1.41. The smallest absolute Gasteiger partial charge is 0 e. The molecule has 0 fully saturated rings. The Morgan fingerprint density at radius 3 is 2.10 bits per heavy atom. The van der Waals surface area contributed by atoms with Gasteiger partial charge in [-0.1, -0.05) is 12.5 Å². The molecule has 50 valence electrons. The third-order valence-corrected chi connectivity index (χ3v) is 0.709. The van der Waals surface area contributed by atoms with Crippen molar-refractivity contribution in [1.82, 2.24) is 0 Å². The maximum Gasteiger partial charge on any atom is 0 e. The minimum atomic E-state index is -0.614. The summed E-state index contributed by atoms with van der Waals surface area (Å²) in [6.45, 7) is 0. The van der Waals surface area contributed by atoms with Crippen molar-refractivity contribution in [1.29, 1.82) is 0 Å². The number of rotatable bonds is 4. The van der Waals surface area contributed by atoms with Crippen LogP contribution in [0.15, 0.2) is 0 Å². The molecule has 0 aromatic rings. The van der Waals surface area contributed by atoms with Gasteiger partial charge in [0.25, 0.3) is 0 Å². The maximum atomic E-state index is 9.63. The standard InChI is InChI=1S/C5H7NO2.2Zn/c6-5(4-8)2-1-3-7;;/h5H,1-2,6H2;;/q-2;;. The van der Waals surface area contributed by atoms with Gasteiger partial charge in [0.15, 0.2) is 0 Å². The van der Waals surface area contributed by atoms with E-state index in [9.17, 15) is 9.59 Å². The fraction of sp³-hybridized carbons (Fsp3) is 0.600. The molecule has 0 aliphatic carbocycles. The molecule has 0 radical (unpaired) electrons. The van der Waals surface area contributed by atoms with E-state index in [0.717, 1.165) is 0 Å². The first-order valence-electron chi connectivity index (χ1n) is 2.29. The van der Waals surface area contributed by atoms with E-state index in [4.69, 9.17) is 5.73 Å². The molecule has 10 heavy (non-hydrogen) atoms. The van der Waals surface area contributed by atoms with Crippen LogP contribution in [0, 0.1) is 0 Å². The van der Waals surface area contributed by atoms with Crippen molar-refractivity contribution >= 4 is 12.6 Å². The van der Waals surface area contributed by atoms with Crippen LogP contribution in [0.3, 0.4) is 0 Å². The first-order valence-corrected chi connectivity index (χ1v) is 2.29. The minimum absolute atomic E-state index is 0. The Morgan fingerprint density at radius 1 is 1.30 bits per heavy atom. The van der Waals surface area contributed by atoms with Crippen molar-refractivity contribution in [3.63, 3.8) is 0 Å². The second kappa shape index (κ2) is 12.2. The van der Waals surface area contributed by atoms with E-state index in [-0.39, 0.29) is 45.4 Å².